The minimum atomic E-state index is 0.224. The molecule has 2 nitrogen and oxygen atoms in total. The van der Waals surface area contributed by atoms with Crippen LogP contribution in [-0.4, -0.2) is 11.5 Å². The fraction of sp³-hybridized carbons (Fsp3) is 0.375. The maximum Gasteiger partial charge on any atom is 0.0649 e. The Kier molecular flexibility index (Phi) is 1.56. The summed E-state index contributed by atoms with van der Waals surface area (Å²) in [5.41, 5.74) is 2.55. The van der Waals surface area contributed by atoms with Crippen LogP contribution in [0.15, 0.2) is 18.5 Å². The standard InChI is InChI=1S/C8H9IN2/c1-8(9)5-11-7-2-3-10-4-6(7)8/h2-4,11H,5H2,1H3. The highest BCUT2D eigenvalue weighted by atomic mass is 127. The van der Waals surface area contributed by atoms with Crippen molar-refractivity contribution in [1.29, 1.82) is 0 Å². The van der Waals surface area contributed by atoms with E-state index in [1.54, 1.807) is 0 Å². The number of halogens is 1. The molecule has 2 heterocycles. The highest BCUT2D eigenvalue weighted by Crippen LogP contribution is 2.40. The van der Waals surface area contributed by atoms with Gasteiger partial charge in [0, 0.05) is 30.2 Å². The molecular weight excluding hydrogens is 251 g/mol. The van der Waals surface area contributed by atoms with E-state index in [-0.39, 0.29) is 3.42 Å². The Morgan fingerprint density at radius 3 is 3.27 bits per heavy atom. The van der Waals surface area contributed by atoms with Crippen molar-refractivity contribution in [3.63, 3.8) is 0 Å². The number of fused-ring (bicyclic) bond motifs is 1. The Labute approximate surface area is 79.6 Å². The van der Waals surface area contributed by atoms with Crippen molar-refractivity contribution in [2.24, 2.45) is 0 Å². The highest BCUT2D eigenvalue weighted by molar-refractivity contribution is 14.1. The summed E-state index contributed by atoms with van der Waals surface area (Å²) in [7, 11) is 0. The molecule has 0 aromatic carbocycles. The molecule has 1 aliphatic heterocycles. The summed E-state index contributed by atoms with van der Waals surface area (Å²) in [6, 6.07) is 2.03. The van der Waals surface area contributed by atoms with Crippen LogP contribution in [0.4, 0.5) is 5.69 Å². The van der Waals surface area contributed by atoms with Crippen molar-refractivity contribution in [2.45, 2.75) is 10.3 Å². The van der Waals surface area contributed by atoms with E-state index >= 15 is 0 Å². The first-order chi connectivity index (χ1) is 5.20. The molecule has 0 saturated carbocycles. The second kappa shape index (κ2) is 2.33. The fourth-order valence-electron chi connectivity index (χ4n) is 1.32. The molecule has 1 aromatic rings. The van der Waals surface area contributed by atoms with Gasteiger partial charge in [0.1, 0.15) is 0 Å². The van der Waals surface area contributed by atoms with E-state index < -0.39 is 0 Å². The predicted octanol–water partition coefficient (Wildman–Crippen LogP) is 2.16. The molecule has 1 unspecified atom stereocenters. The summed E-state index contributed by atoms with van der Waals surface area (Å²) in [5, 5.41) is 3.34. The molecule has 0 bridgehead atoms. The topological polar surface area (TPSA) is 24.9 Å². The molecule has 0 radical (unpaired) electrons. The van der Waals surface area contributed by atoms with E-state index in [2.05, 4.69) is 39.8 Å². The van der Waals surface area contributed by atoms with Crippen molar-refractivity contribution >= 4 is 28.3 Å². The zero-order chi connectivity index (χ0) is 7.90. The van der Waals surface area contributed by atoms with Gasteiger partial charge >= 0.3 is 0 Å². The first-order valence-electron chi connectivity index (χ1n) is 3.57. The second-order valence-electron chi connectivity index (χ2n) is 2.97. The predicted molar refractivity (Wildman–Crippen MR) is 54.1 cm³/mol. The van der Waals surface area contributed by atoms with E-state index in [4.69, 9.17) is 0 Å². The molecule has 0 amide bonds. The lowest BCUT2D eigenvalue weighted by Crippen LogP contribution is -2.14. The van der Waals surface area contributed by atoms with Gasteiger partial charge in [-0.2, -0.15) is 0 Å². The van der Waals surface area contributed by atoms with Crippen molar-refractivity contribution in [3.8, 4) is 0 Å². The first-order valence-corrected chi connectivity index (χ1v) is 4.65. The Bertz CT molecular complexity index is 283. The van der Waals surface area contributed by atoms with Gasteiger partial charge in [-0.25, -0.2) is 0 Å². The van der Waals surface area contributed by atoms with Crippen LogP contribution in [0.5, 0.6) is 0 Å². The lowest BCUT2D eigenvalue weighted by Gasteiger charge is -2.13. The van der Waals surface area contributed by atoms with Gasteiger partial charge < -0.3 is 5.32 Å². The van der Waals surface area contributed by atoms with Crippen LogP contribution in [0.1, 0.15) is 12.5 Å². The molecule has 58 valence electrons. The lowest BCUT2D eigenvalue weighted by molar-refractivity contribution is 0.811. The number of anilines is 1. The molecule has 0 saturated heterocycles. The first kappa shape index (κ1) is 7.34. The third-order valence-electron chi connectivity index (χ3n) is 1.99. The van der Waals surface area contributed by atoms with Crippen LogP contribution in [0.25, 0.3) is 0 Å². The van der Waals surface area contributed by atoms with E-state index in [0.717, 1.165) is 6.54 Å². The van der Waals surface area contributed by atoms with E-state index in [9.17, 15) is 0 Å². The number of hydrogen-bond acceptors (Lipinski definition) is 2. The van der Waals surface area contributed by atoms with Crippen LogP contribution in [0.3, 0.4) is 0 Å². The van der Waals surface area contributed by atoms with Crippen LogP contribution in [-0.2, 0) is 3.42 Å². The summed E-state index contributed by atoms with van der Waals surface area (Å²) >= 11 is 2.46. The molecule has 0 spiro atoms. The Morgan fingerprint density at radius 2 is 2.55 bits per heavy atom. The molecule has 2 rings (SSSR count). The molecular formula is C8H9IN2. The number of hydrogen-bond donors (Lipinski definition) is 1. The van der Waals surface area contributed by atoms with Crippen LogP contribution in [0, 0.1) is 0 Å². The summed E-state index contributed by atoms with van der Waals surface area (Å²) < 4.78 is 0.224. The monoisotopic (exact) mass is 260 g/mol. The van der Waals surface area contributed by atoms with Crippen LogP contribution >= 0.6 is 22.6 Å². The Morgan fingerprint density at radius 1 is 1.73 bits per heavy atom. The third kappa shape index (κ3) is 1.11. The van der Waals surface area contributed by atoms with E-state index in [0.29, 0.717) is 0 Å². The zero-order valence-corrected chi connectivity index (χ0v) is 8.42. The molecule has 1 N–H and O–H groups in total. The Hall–Kier alpha value is -0.320. The zero-order valence-electron chi connectivity index (χ0n) is 6.26. The average Bonchev–Trinajstić information content (AvgIpc) is 2.29. The number of rotatable bonds is 0. The van der Waals surface area contributed by atoms with Gasteiger partial charge in [-0.3, -0.25) is 4.98 Å². The van der Waals surface area contributed by atoms with Crippen molar-refractivity contribution in [2.75, 3.05) is 11.9 Å². The Balaban J connectivity index is 2.56. The van der Waals surface area contributed by atoms with Gasteiger partial charge in [-0.05, 0) is 13.0 Å². The molecule has 1 aliphatic rings. The number of pyridine rings is 1. The molecule has 1 aromatic heterocycles. The minimum absolute atomic E-state index is 0.224. The van der Waals surface area contributed by atoms with Crippen molar-refractivity contribution < 1.29 is 0 Å². The van der Waals surface area contributed by atoms with Crippen LogP contribution in [0.2, 0.25) is 0 Å². The van der Waals surface area contributed by atoms with Gasteiger partial charge in [0.05, 0.1) is 3.42 Å². The number of alkyl halides is 1. The van der Waals surface area contributed by atoms with Gasteiger partial charge in [-0.15, -0.1) is 0 Å². The normalized spacial score (nSPS) is 27.8. The van der Waals surface area contributed by atoms with E-state index in [1.807, 2.05) is 18.5 Å². The van der Waals surface area contributed by atoms with Crippen molar-refractivity contribution in [3.05, 3.63) is 24.0 Å². The molecule has 11 heavy (non-hydrogen) atoms. The fourth-order valence-corrected chi connectivity index (χ4v) is 1.94. The number of aromatic nitrogens is 1. The lowest BCUT2D eigenvalue weighted by atomic mass is 10.1. The van der Waals surface area contributed by atoms with Gasteiger partial charge in [0.2, 0.25) is 0 Å². The molecule has 0 fully saturated rings. The summed E-state index contributed by atoms with van der Waals surface area (Å²) in [6.07, 6.45) is 3.77. The average molecular weight is 260 g/mol. The summed E-state index contributed by atoms with van der Waals surface area (Å²) in [4.78, 5) is 4.11. The molecule has 0 aliphatic carbocycles. The molecule has 3 heteroatoms. The second-order valence-corrected chi connectivity index (χ2v) is 5.35. The largest absolute Gasteiger partial charge is 0.383 e. The maximum absolute atomic E-state index is 4.11. The van der Waals surface area contributed by atoms with Crippen LogP contribution < -0.4 is 5.32 Å². The SMILES string of the molecule is CC1(I)CNc2ccncc21. The number of nitrogens with one attached hydrogen (secondary N) is 1. The summed E-state index contributed by atoms with van der Waals surface area (Å²) in [5.74, 6) is 0. The van der Waals surface area contributed by atoms with Gasteiger partial charge in [-0.1, -0.05) is 22.6 Å². The van der Waals surface area contributed by atoms with E-state index in [1.165, 1.54) is 11.3 Å². The third-order valence-corrected chi connectivity index (χ3v) is 2.96. The summed E-state index contributed by atoms with van der Waals surface area (Å²) in [6.45, 7) is 3.22. The smallest absolute Gasteiger partial charge is 0.0649 e. The van der Waals surface area contributed by atoms with Crippen molar-refractivity contribution in [1.82, 2.24) is 4.98 Å². The van der Waals surface area contributed by atoms with Gasteiger partial charge in [0.15, 0.2) is 0 Å². The number of nitrogens with zero attached hydrogens (tertiary/aromatic N) is 1. The quantitative estimate of drug-likeness (QED) is 0.571. The minimum Gasteiger partial charge on any atom is -0.383 e. The van der Waals surface area contributed by atoms with Gasteiger partial charge in [0.25, 0.3) is 0 Å². The maximum atomic E-state index is 4.11. The molecule has 1 atom stereocenters. The highest BCUT2D eigenvalue weighted by Gasteiger charge is 2.31.